The molecule has 2 rings (SSSR count). The van der Waals surface area contributed by atoms with Crippen LogP contribution in [0, 0.1) is 0 Å². The molecule has 0 bridgehead atoms. The van der Waals surface area contributed by atoms with Gasteiger partial charge in [0.2, 0.25) is 0 Å². The smallest absolute Gasteiger partial charge is 0.376 e. The Hall–Kier alpha value is -2.09. The van der Waals surface area contributed by atoms with Gasteiger partial charge in [-0.3, -0.25) is 4.98 Å². The molecule has 1 aromatic heterocycles. The van der Waals surface area contributed by atoms with E-state index in [1.165, 1.54) is 24.3 Å². The summed E-state index contributed by atoms with van der Waals surface area (Å²) < 4.78 is 62.3. The van der Waals surface area contributed by atoms with Crippen LogP contribution in [0.1, 0.15) is 11.1 Å². The summed E-state index contributed by atoms with van der Waals surface area (Å²) in [6.45, 7) is 0. The van der Waals surface area contributed by atoms with Crippen molar-refractivity contribution in [2.75, 3.05) is 0 Å². The molecule has 0 amide bonds. The first-order valence-corrected chi connectivity index (χ1v) is 7.67. The summed E-state index contributed by atoms with van der Waals surface area (Å²) in [5.74, 6) is -0.373. The van der Waals surface area contributed by atoms with Gasteiger partial charge in [0.05, 0.1) is 0 Å². The normalized spacial score (nSPS) is 12.1. The molecule has 22 heavy (non-hydrogen) atoms. The van der Waals surface area contributed by atoms with Crippen LogP contribution in [0.3, 0.4) is 0 Å². The summed E-state index contributed by atoms with van der Waals surface area (Å²) in [4.78, 5) is 3.98. The first kappa shape index (κ1) is 16.3. The van der Waals surface area contributed by atoms with E-state index in [0.717, 1.165) is 17.5 Å². The predicted octanol–water partition coefficient (Wildman–Crippen LogP) is 3.10. The van der Waals surface area contributed by atoms with Gasteiger partial charge < -0.3 is 4.18 Å². The summed E-state index contributed by atoms with van der Waals surface area (Å²) in [7, 11) is -5.63. The lowest BCUT2D eigenvalue weighted by Gasteiger charge is -2.09. The molecule has 0 saturated heterocycles. The highest BCUT2D eigenvalue weighted by Crippen LogP contribution is 2.27. The maximum Gasteiger partial charge on any atom is 0.534 e. The van der Waals surface area contributed by atoms with Crippen molar-refractivity contribution in [1.29, 1.82) is 0 Å². The molecule has 8 heteroatoms. The Balaban J connectivity index is 1.99. The van der Waals surface area contributed by atoms with E-state index in [2.05, 4.69) is 9.17 Å². The molecule has 1 heterocycles. The molecule has 0 aliphatic heterocycles. The third-order valence-electron chi connectivity index (χ3n) is 2.84. The number of aromatic nitrogens is 1. The summed E-state index contributed by atoms with van der Waals surface area (Å²) in [6, 6.07) is 9.17. The van der Waals surface area contributed by atoms with Crippen molar-refractivity contribution in [2.24, 2.45) is 0 Å². The maximum atomic E-state index is 12.2. The fourth-order valence-electron chi connectivity index (χ4n) is 1.72. The quantitative estimate of drug-likeness (QED) is 0.624. The number of aryl methyl sites for hydroxylation is 2. The molecule has 0 radical (unpaired) electrons. The molecule has 4 nitrogen and oxygen atoms in total. The Morgan fingerprint density at radius 2 is 1.64 bits per heavy atom. The van der Waals surface area contributed by atoms with Crippen molar-refractivity contribution < 1.29 is 25.8 Å². The minimum atomic E-state index is -5.63. The standard InChI is InChI=1S/C14H12F3NO3S/c15-14(16,17)22(19,20)21-13-7-5-11(6-8-13)3-4-12-2-1-9-18-10-12/h1-2,5-10H,3-4H2. The third kappa shape index (κ3) is 4.20. The number of hydrogen-bond acceptors (Lipinski definition) is 4. The lowest BCUT2D eigenvalue weighted by atomic mass is 10.1. The predicted molar refractivity (Wildman–Crippen MR) is 73.7 cm³/mol. The number of benzene rings is 1. The molecular formula is C14H12F3NO3S. The highest BCUT2D eigenvalue weighted by atomic mass is 32.2. The van der Waals surface area contributed by atoms with Crippen molar-refractivity contribution in [1.82, 2.24) is 4.98 Å². The molecule has 0 spiro atoms. The summed E-state index contributed by atoms with van der Waals surface area (Å²) in [5.41, 5.74) is -3.56. The number of alkyl halides is 3. The zero-order valence-corrected chi connectivity index (χ0v) is 12.1. The van der Waals surface area contributed by atoms with Gasteiger partial charge in [0, 0.05) is 12.4 Å². The maximum absolute atomic E-state index is 12.2. The third-order valence-corrected chi connectivity index (χ3v) is 3.82. The first-order valence-electron chi connectivity index (χ1n) is 6.26. The Morgan fingerprint density at radius 3 is 2.18 bits per heavy atom. The van der Waals surface area contributed by atoms with Crippen LogP contribution >= 0.6 is 0 Å². The van der Waals surface area contributed by atoms with Gasteiger partial charge in [-0.05, 0) is 42.2 Å². The van der Waals surface area contributed by atoms with Crippen LogP contribution in [0.25, 0.3) is 0 Å². The molecule has 0 atom stereocenters. The average molecular weight is 331 g/mol. The number of halogens is 3. The lowest BCUT2D eigenvalue weighted by molar-refractivity contribution is -0.0500. The van der Waals surface area contributed by atoms with Crippen LogP contribution in [0.5, 0.6) is 5.75 Å². The van der Waals surface area contributed by atoms with Crippen molar-refractivity contribution in [3.63, 3.8) is 0 Å². The van der Waals surface area contributed by atoms with Crippen LogP contribution in [0.4, 0.5) is 13.2 Å². The Labute approximate surface area is 125 Å². The molecule has 0 aliphatic rings. The molecule has 118 valence electrons. The van der Waals surface area contributed by atoms with Crippen LogP contribution in [-0.4, -0.2) is 18.9 Å². The molecule has 0 saturated carbocycles. The summed E-state index contributed by atoms with van der Waals surface area (Å²) in [6.07, 6.45) is 4.76. The monoisotopic (exact) mass is 331 g/mol. The Kier molecular flexibility index (Phi) is 4.70. The van der Waals surface area contributed by atoms with Crippen LogP contribution in [0.2, 0.25) is 0 Å². The van der Waals surface area contributed by atoms with Crippen molar-refractivity contribution in [2.45, 2.75) is 18.3 Å². The van der Waals surface area contributed by atoms with E-state index in [9.17, 15) is 21.6 Å². The van der Waals surface area contributed by atoms with E-state index >= 15 is 0 Å². The van der Waals surface area contributed by atoms with E-state index in [0.29, 0.717) is 6.42 Å². The van der Waals surface area contributed by atoms with Gasteiger partial charge >= 0.3 is 15.6 Å². The van der Waals surface area contributed by atoms with Crippen LogP contribution < -0.4 is 4.18 Å². The van der Waals surface area contributed by atoms with E-state index in [-0.39, 0.29) is 5.75 Å². The Bertz CT molecular complexity index is 713. The molecule has 0 unspecified atom stereocenters. The van der Waals surface area contributed by atoms with Gasteiger partial charge in [0.25, 0.3) is 0 Å². The van der Waals surface area contributed by atoms with Crippen LogP contribution in [0.15, 0.2) is 48.8 Å². The molecule has 2 aromatic rings. The fourth-order valence-corrected chi connectivity index (χ4v) is 2.18. The van der Waals surface area contributed by atoms with Gasteiger partial charge in [-0.15, -0.1) is 0 Å². The van der Waals surface area contributed by atoms with Crippen molar-refractivity contribution >= 4 is 10.1 Å². The number of rotatable bonds is 5. The minimum absolute atomic E-state index is 0.373. The highest BCUT2D eigenvalue weighted by molar-refractivity contribution is 7.87. The number of nitrogens with zero attached hydrogens (tertiary/aromatic N) is 1. The van der Waals surface area contributed by atoms with Gasteiger partial charge in [-0.25, -0.2) is 0 Å². The van der Waals surface area contributed by atoms with Crippen molar-refractivity contribution in [3.05, 3.63) is 59.9 Å². The first-order chi connectivity index (χ1) is 10.3. The molecule has 1 aromatic carbocycles. The second-order valence-electron chi connectivity index (χ2n) is 4.49. The second-order valence-corrected chi connectivity index (χ2v) is 6.03. The minimum Gasteiger partial charge on any atom is -0.376 e. The van der Waals surface area contributed by atoms with Gasteiger partial charge in [-0.2, -0.15) is 21.6 Å². The van der Waals surface area contributed by atoms with E-state index in [1.807, 2.05) is 12.1 Å². The number of pyridine rings is 1. The van der Waals surface area contributed by atoms with E-state index < -0.39 is 15.6 Å². The Morgan fingerprint density at radius 1 is 1.00 bits per heavy atom. The van der Waals surface area contributed by atoms with E-state index in [1.54, 1.807) is 12.4 Å². The largest absolute Gasteiger partial charge is 0.534 e. The van der Waals surface area contributed by atoms with Gasteiger partial charge in [0.15, 0.2) is 0 Å². The number of hydrogen-bond donors (Lipinski definition) is 0. The summed E-state index contributed by atoms with van der Waals surface area (Å²) in [5, 5.41) is 0. The topological polar surface area (TPSA) is 56.3 Å². The van der Waals surface area contributed by atoms with Crippen molar-refractivity contribution in [3.8, 4) is 5.75 Å². The zero-order chi connectivity index (χ0) is 16.2. The van der Waals surface area contributed by atoms with E-state index in [4.69, 9.17) is 0 Å². The zero-order valence-electron chi connectivity index (χ0n) is 11.2. The fraction of sp³-hybridized carbons (Fsp3) is 0.214. The average Bonchev–Trinajstić information content (AvgIpc) is 2.46. The SMILES string of the molecule is O=S(=O)(Oc1ccc(CCc2cccnc2)cc1)C(F)(F)F. The van der Waals surface area contributed by atoms with Crippen LogP contribution in [-0.2, 0) is 23.0 Å². The molecule has 0 N–H and O–H groups in total. The van der Waals surface area contributed by atoms with Gasteiger partial charge in [0.1, 0.15) is 5.75 Å². The van der Waals surface area contributed by atoms with Gasteiger partial charge in [-0.1, -0.05) is 18.2 Å². The molecule has 0 aliphatic carbocycles. The molecular weight excluding hydrogens is 319 g/mol. The second kappa shape index (κ2) is 6.35. The summed E-state index contributed by atoms with van der Waals surface area (Å²) >= 11 is 0. The lowest BCUT2D eigenvalue weighted by Crippen LogP contribution is -2.28. The molecule has 0 fully saturated rings. The highest BCUT2D eigenvalue weighted by Gasteiger charge is 2.48.